The van der Waals surface area contributed by atoms with Gasteiger partial charge in [0.2, 0.25) is 0 Å². The van der Waals surface area contributed by atoms with Crippen molar-refractivity contribution in [2.75, 3.05) is 5.32 Å². The van der Waals surface area contributed by atoms with Crippen LogP contribution in [0, 0.1) is 17.5 Å². The summed E-state index contributed by atoms with van der Waals surface area (Å²) in [5.41, 5.74) is 4.28. The highest BCUT2D eigenvalue weighted by molar-refractivity contribution is 6.10. The molecule has 1 aliphatic carbocycles. The quantitative estimate of drug-likeness (QED) is 0.226. The number of halogens is 3. The normalized spacial score (nSPS) is 14.1. The van der Waals surface area contributed by atoms with Crippen LogP contribution in [0.25, 0.3) is 10.9 Å². The number of nitrogens with zero attached hydrogens (tertiary/aromatic N) is 1. The van der Waals surface area contributed by atoms with Gasteiger partial charge in [-0.25, -0.2) is 13.2 Å². The van der Waals surface area contributed by atoms with E-state index in [2.05, 4.69) is 9.88 Å². The van der Waals surface area contributed by atoms with E-state index < -0.39 is 11.6 Å². The summed E-state index contributed by atoms with van der Waals surface area (Å²) in [4.78, 5) is 13.7. The number of carbonyl (C=O) groups is 1. The monoisotopic (exact) mass is 518 g/mol. The van der Waals surface area contributed by atoms with Gasteiger partial charge >= 0.3 is 0 Å². The van der Waals surface area contributed by atoms with Gasteiger partial charge in [-0.05, 0) is 60.6 Å². The van der Waals surface area contributed by atoms with Crippen LogP contribution >= 0.6 is 0 Å². The van der Waals surface area contributed by atoms with Crippen molar-refractivity contribution in [3.8, 4) is 0 Å². The Morgan fingerprint density at radius 2 is 1.66 bits per heavy atom. The predicted octanol–water partition coefficient (Wildman–Crippen LogP) is 8.40. The first kappa shape index (κ1) is 26.1. The van der Waals surface area contributed by atoms with Crippen LogP contribution in [0.2, 0.25) is 0 Å². The molecule has 0 amide bonds. The first-order valence-corrected chi connectivity index (χ1v) is 13.4. The number of rotatable bonds is 9. The molecule has 0 unspecified atom stereocenters. The molecule has 3 nitrogen and oxygen atoms in total. The smallest absolute Gasteiger partial charge is 0.165 e. The SMILES string of the molecule is CC(C)c1c(C(=O)CCc2ccc(F)c(F)c2)c2cc(F)c(NC3CCCC3)cc2n1Cc1ccccc1. The minimum Gasteiger partial charge on any atom is -0.380 e. The summed E-state index contributed by atoms with van der Waals surface area (Å²) in [6.07, 6.45) is 4.70. The zero-order chi connectivity index (χ0) is 26.8. The Kier molecular flexibility index (Phi) is 7.59. The maximum atomic E-state index is 15.5. The molecule has 0 aliphatic heterocycles. The van der Waals surface area contributed by atoms with E-state index in [9.17, 15) is 13.6 Å². The number of Topliss-reactive ketones (excluding diaryl/α,β-unsaturated/α-hetero) is 1. The minimum absolute atomic E-state index is 0.00244. The predicted molar refractivity (Wildman–Crippen MR) is 146 cm³/mol. The van der Waals surface area contributed by atoms with Crippen molar-refractivity contribution in [1.82, 2.24) is 4.57 Å². The molecule has 38 heavy (non-hydrogen) atoms. The summed E-state index contributed by atoms with van der Waals surface area (Å²) in [7, 11) is 0. The summed E-state index contributed by atoms with van der Waals surface area (Å²) in [5.74, 6) is -2.34. The number of ketones is 1. The molecule has 1 heterocycles. The zero-order valence-electron chi connectivity index (χ0n) is 21.9. The van der Waals surface area contributed by atoms with Gasteiger partial charge < -0.3 is 9.88 Å². The lowest BCUT2D eigenvalue weighted by molar-refractivity contribution is 0.0983. The van der Waals surface area contributed by atoms with Gasteiger partial charge in [0.1, 0.15) is 5.82 Å². The topological polar surface area (TPSA) is 34.0 Å². The highest BCUT2D eigenvalue weighted by Crippen LogP contribution is 2.37. The van der Waals surface area contributed by atoms with E-state index in [1.807, 2.05) is 50.2 Å². The minimum atomic E-state index is -0.929. The van der Waals surface area contributed by atoms with Crippen LogP contribution in [0.1, 0.15) is 79.0 Å². The van der Waals surface area contributed by atoms with Crippen molar-refractivity contribution in [1.29, 1.82) is 0 Å². The molecular formula is C32H33F3N2O. The van der Waals surface area contributed by atoms with E-state index in [-0.39, 0.29) is 36.4 Å². The number of nitrogens with one attached hydrogen (secondary N) is 1. The number of anilines is 1. The number of hydrogen-bond donors (Lipinski definition) is 1. The van der Waals surface area contributed by atoms with Gasteiger partial charge in [-0.2, -0.15) is 0 Å². The molecule has 4 aromatic rings. The lowest BCUT2D eigenvalue weighted by atomic mass is 9.96. The average molecular weight is 519 g/mol. The molecule has 3 aromatic carbocycles. The van der Waals surface area contributed by atoms with E-state index in [1.165, 1.54) is 12.1 Å². The molecule has 5 rings (SSSR count). The number of aromatic nitrogens is 1. The Hall–Kier alpha value is -3.54. The number of aryl methyl sites for hydroxylation is 1. The lowest BCUT2D eigenvalue weighted by Gasteiger charge is -2.17. The van der Waals surface area contributed by atoms with E-state index >= 15 is 4.39 Å². The van der Waals surface area contributed by atoms with E-state index in [4.69, 9.17) is 0 Å². The number of carbonyl (C=O) groups excluding carboxylic acids is 1. The fourth-order valence-corrected chi connectivity index (χ4v) is 5.70. The van der Waals surface area contributed by atoms with Gasteiger partial charge in [-0.15, -0.1) is 0 Å². The van der Waals surface area contributed by atoms with E-state index in [0.717, 1.165) is 54.6 Å². The highest BCUT2D eigenvalue weighted by atomic mass is 19.2. The lowest BCUT2D eigenvalue weighted by Crippen LogP contribution is -2.15. The largest absolute Gasteiger partial charge is 0.380 e. The van der Waals surface area contributed by atoms with Gasteiger partial charge in [0.25, 0.3) is 0 Å². The highest BCUT2D eigenvalue weighted by Gasteiger charge is 2.26. The van der Waals surface area contributed by atoms with Crippen molar-refractivity contribution in [3.63, 3.8) is 0 Å². The van der Waals surface area contributed by atoms with Gasteiger partial charge in [0.15, 0.2) is 17.4 Å². The third kappa shape index (κ3) is 5.35. The number of benzene rings is 3. The van der Waals surface area contributed by atoms with Crippen LogP contribution in [0.3, 0.4) is 0 Å². The molecule has 1 aromatic heterocycles. The standard InChI is InChI=1S/C32H33F3N2O/c1-20(2)32-31(30(38)15-13-21-12-14-25(33)26(34)16-21)24-17-27(35)28(36-23-10-6-7-11-23)18-29(24)37(32)19-22-8-4-3-5-9-22/h3-5,8-9,12,14,16-18,20,23,36H,6-7,10-11,13,15,19H2,1-2H3. The Morgan fingerprint density at radius 1 is 0.921 bits per heavy atom. The summed E-state index contributed by atoms with van der Waals surface area (Å²) < 4.78 is 44.7. The first-order chi connectivity index (χ1) is 18.3. The van der Waals surface area contributed by atoms with Gasteiger partial charge in [0.05, 0.1) is 11.2 Å². The van der Waals surface area contributed by atoms with Crippen LogP contribution in [-0.4, -0.2) is 16.4 Å². The Labute approximate surface area is 221 Å². The maximum absolute atomic E-state index is 15.5. The van der Waals surface area contributed by atoms with Crippen LogP contribution in [-0.2, 0) is 13.0 Å². The molecule has 0 saturated heterocycles. The molecule has 0 atom stereocenters. The average Bonchev–Trinajstić information content (AvgIpc) is 3.52. The summed E-state index contributed by atoms with van der Waals surface area (Å²) in [6.45, 7) is 4.63. The van der Waals surface area contributed by atoms with Crippen molar-refractivity contribution >= 4 is 22.4 Å². The van der Waals surface area contributed by atoms with Crippen LogP contribution in [0.15, 0.2) is 60.7 Å². The van der Waals surface area contributed by atoms with E-state index in [0.29, 0.717) is 28.7 Å². The summed E-state index contributed by atoms with van der Waals surface area (Å²) >= 11 is 0. The summed E-state index contributed by atoms with van der Waals surface area (Å²) in [5, 5.41) is 3.99. The fourth-order valence-electron chi connectivity index (χ4n) is 5.70. The Bertz CT molecular complexity index is 1450. The Balaban J connectivity index is 1.59. The van der Waals surface area contributed by atoms with Crippen LogP contribution < -0.4 is 5.32 Å². The molecule has 1 aliphatic rings. The van der Waals surface area contributed by atoms with Gasteiger partial charge in [0, 0.05) is 35.7 Å². The second-order valence-corrected chi connectivity index (χ2v) is 10.6. The zero-order valence-corrected chi connectivity index (χ0v) is 21.9. The van der Waals surface area contributed by atoms with Crippen molar-refractivity contribution in [2.45, 2.75) is 70.9 Å². The third-order valence-electron chi connectivity index (χ3n) is 7.54. The molecule has 6 heteroatoms. The van der Waals surface area contributed by atoms with Crippen LogP contribution in [0.5, 0.6) is 0 Å². The van der Waals surface area contributed by atoms with E-state index in [1.54, 1.807) is 0 Å². The maximum Gasteiger partial charge on any atom is 0.165 e. The third-order valence-corrected chi connectivity index (χ3v) is 7.54. The number of fused-ring (bicyclic) bond motifs is 1. The van der Waals surface area contributed by atoms with Gasteiger partial charge in [-0.1, -0.05) is 63.1 Å². The van der Waals surface area contributed by atoms with Crippen LogP contribution in [0.4, 0.5) is 18.9 Å². The first-order valence-electron chi connectivity index (χ1n) is 13.4. The van der Waals surface area contributed by atoms with Crippen molar-refractivity contribution < 1.29 is 18.0 Å². The van der Waals surface area contributed by atoms with Crippen molar-refractivity contribution in [2.24, 2.45) is 0 Å². The molecular weight excluding hydrogens is 485 g/mol. The molecule has 0 radical (unpaired) electrons. The molecule has 0 bridgehead atoms. The molecule has 0 spiro atoms. The second kappa shape index (κ2) is 11.1. The number of hydrogen-bond acceptors (Lipinski definition) is 2. The molecule has 1 saturated carbocycles. The molecule has 1 N–H and O–H groups in total. The summed E-state index contributed by atoms with van der Waals surface area (Å²) in [6, 6.07) is 17.3. The van der Waals surface area contributed by atoms with Crippen molar-refractivity contribution in [3.05, 3.63) is 100 Å². The second-order valence-electron chi connectivity index (χ2n) is 10.6. The molecule has 1 fully saturated rings. The molecule has 198 valence electrons. The Morgan fingerprint density at radius 3 is 2.34 bits per heavy atom. The van der Waals surface area contributed by atoms with Gasteiger partial charge in [-0.3, -0.25) is 4.79 Å². The fraction of sp³-hybridized carbons (Fsp3) is 0.344.